The molecule has 12 heavy (non-hydrogen) atoms. The minimum absolute atomic E-state index is 0.106. The monoisotopic (exact) mass is 186 g/mol. The van der Waals surface area contributed by atoms with Crippen molar-refractivity contribution in [1.82, 2.24) is 0 Å². The summed E-state index contributed by atoms with van der Waals surface area (Å²) in [5.74, 6) is -0.152. The Morgan fingerprint density at radius 1 is 1.50 bits per heavy atom. The highest BCUT2D eigenvalue weighted by Gasteiger charge is 2.01. The van der Waals surface area contributed by atoms with Gasteiger partial charge >= 0.3 is 0 Å². The third-order valence-corrected chi connectivity index (χ3v) is 1.89. The van der Waals surface area contributed by atoms with Crippen molar-refractivity contribution < 1.29 is 4.39 Å². The van der Waals surface area contributed by atoms with Crippen LogP contribution in [-0.4, -0.2) is 5.38 Å². The molecule has 0 radical (unpaired) electrons. The van der Waals surface area contributed by atoms with Gasteiger partial charge in [-0.25, -0.2) is 4.39 Å². The van der Waals surface area contributed by atoms with E-state index in [1.807, 2.05) is 13.0 Å². The van der Waals surface area contributed by atoms with Crippen molar-refractivity contribution in [2.75, 3.05) is 0 Å². The summed E-state index contributed by atoms with van der Waals surface area (Å²) < 4.78 is 12.8. The normalized spacial score (nSPS) is 13.0. The first-order valence-corrected chi connectivity index (χ1v) is 4.42. The lowest BCUT2D eigenvalue weighted by molar-refractivity contribution is 0.617. The number of hydrogen-bond donors (Lipinski definition) is 0. The number of benzene rings is 1. The van der Waals surface area contributed by atoms with Gasteiger partial charge in [-0.3, -0.25) is 0 Å². The van der Waals surface area contributed by atoms with Crippen molar-refractivity contribution in [1.29, 1.82) is 0 Å². The Bertz CT molecular complexity index is 269. The summed E-state index contributed by atoms with van der Waals surface area (Å²) in [6.07, 6.45) is 0.794. The maximum atomic E-state index is 12.8. The van der Waals surface area contributed by atoms with E-state index in [0.29, 0.717) is 5.56 Å². The van der Waals surface area contributed by atoms with Crippen LogP contribution in [0.3, 0.4) is 0 Å². The number of rotatable bonds is 2. The van der Waals surface area contributed by atoms with Crippen LogP contribution in [0, 0.1) is 12.7 Å². The van der Waals surface area contributed by atoms with Crippen LogP contribution in [0.2, 0.25) is 0 Å². The second-order valence-corrected chi connectivity index (χ2v) is 3.81. The minimum atomic E-state index is -0.152. The standard InChI is InChI=1S/C10H12ClF/c1-7-5-9(6-8(2)11)3-4-10(7)12/h3-5,8H,6H2,1-2H3. The molecule has 1 aromatic rings. The van der Waals surface area contributed by atoms with Crippen molar-refractivity contribution >= 4 is 11.6 Å². The van der Waals surface area contributed by atoms with E-state index >= 15 is 0 Å². The molecule has 0 fully saturated rings. The van der Waals surface area contributed by atoms with Crippen LogP contribution in [0.15, 0.2) is 18.2 Å². The van der Waals surface area contributed by atoms with Crippen LogP contribution >= 0.6 is 11.6 Å². The first-order valence-electron chi connectivity index (χ1n) is 3.98. The third kappa shape index (κ3) is 2.49. The maximum absolute atomic E-state index is 12.8. The van der Waals surface area contributed by atoms with E-state index in [1.54, 1.807) is 13.0 Å². The van der Waals surface area contributed by atoms with E-state index in [4.69, 9.17) is 11.6 Å². The highest BCUT2D eigenvalue weighted by atomic mass is 35.5. The third-order valence-electron chi connectivity index (χ3n) is 1.74. The van der Waals surface area contributed by atoms with Crippen LogP contribution in [0.1, 0.15) is 18.1 Å². The molecular formula is C10H12ClF. The van der Waals surface area contributed by atoms with Gasteiger partial charge < -0.3 is 0 Å². The van der Waals surface area contributed by atoms with Crippen molar-refractivity contribution in [2.45, 2.75) is 25.6 Å². The van der Waals surface area contributed by atoms with Gasteiger partial charge in [-0.1, -0.05) is 12.1 Å². The lowest BCUT2D eigenvalue weighted by Crippen LogP contribution is -1.97. The number of halogens is 2. The Kier molecular flexibility index (Phi) is 3.10. The topological polar surface area (TPSA) is 0 Å². The fourth-order valence-electron chi connectivity index (χ4n) is 1.16. The molecule has 66 valence electrons. The summed E-state index contributed by atoms with van der Waals surface area (Å²) in [4.78, 5) is 0. The Morgan fingerprint density at radius 2 is 2.17 bits per heavy atom. The molecule has 0 aliphatic carbocycles. The predicted octanol–water partition coefficient (Wildman–Crippen LogP) is 3.30. The molecule has 0 aliphatic rings. The molecule has 0 saturated carbocycles. The van der Waals surface area contributed by atoms with Gasteiger partial charge in [0.25, 0.3) is 0 Å². The maximum Gasteiger partial charge on any atom is 0.126 e. The highest BCUT2D eigenvalue weighted by molar-refractivity contribution is 6.20. The Labute approximate surface area is 77.4 Å². The lowest BCUT2D eigenvalue weighted by atomic mass is 10.1. The molecule has 0 amide bonds. The Morgan fingerprint density at radius 3 is 2.67 bits per heavy atom. The van der Waals surface area contributed by atoms with E-state index in [9.17, 15) is 4.39 Å². The molecule has 0 heterocycles. The molecule has 1 atom stereocenters. The van der Waals surface area contributed by atoms with Crippen molar-refractivity contribution in [3.05, 3.63) is 35.1 Å². The summed E-state index contributed by atoms with van der Waals surface area (Å²) in [5.41, 5.74) is 1.78. The van der Waals surface area contributed by atoms with Crippen molar-refractivity contribution in [3.8, 4) is 0 Å². The summed E-state index contributed by atoms with van der Waals surface area (Å²) in [5, 5.41) is 0.106. The average Bonchev–Trinajstić information content (AvgIpc) is 1.96. The molecule has 0 aliphatic heterocycles. The summed E-state index contributed by atoms with van der Waals surface area (Å²) >= 11 is 5.81. The molecule has 2 heteroatoms. The second-order valence-electron chi connectivity index (χ2n) is 3.07. The van der Waals surface area contributed by atoms with E-state index in [-0.39, 0.29) is 11.2 Å². The molecule has 0 spiro atoms. The van der Waals surface area contributed by atoms with E-state index in [2.05, 4.69) is 0 Å². The van der Waals surface area contributed by atoms with Gasteiger partial charge in [0, 0.05) is 5.38 Å². The molecule has 0 aromatic heterocycles. The van der Waals surface area contributed by atoms with Crippen LogP contribution in [0.4, 0.5) is 4.39 Å². The SMILES string of the molecule is Cc1cc(CC(C)Cl)ccc1F. The molecular weight excluding hydrogens is 175 g/mol. The predicted molar refractivity (Wildman–Crippen MR) is 50.2 cm³/mol. The van der Waals surface area contributed by atoms with E-state index in [0.717, 1.165) is 12.0 Å². The van der Waals surface area contributed by atoms with E-state index < -0.39 is 0 Å². The lowest BCUT2D eigenvalue weighted by Gasteiger charge is -2.04. The summed E-state index contributed by atoms with van der Waals surface area (Å²) in [7, 11) is 0. The minimum Gasteiger partial charge on any atom is -0.207 e. The van der Waals surface area contributed by atoms with Crippen LogP contribution < -0.4 is 0 Å². The number of hydrogen-bond acceptors (Lipinski definition) is 0. The molecule has 0 bridgehead atoms. The van der Waals surface area contributed by atoms with Crippen molar-refractivity contribution in [3.63, 3.8) is 0 Å². The smallest absolute Gasteiger partial charge is 0.126 e. The van der Waals surface area contributed by atoms with Gasteiger partial charge in [-0.2, -0.15) is 0 Å². The largest absolute Gasteiger partial charge is 0.207 e. The van der Waals surface area contributed by atoms with Gasteiger partial charge in [0.2, 0.25) is 0 Å². The van der Waals surface area contributed by atoms with Gasteiger partial charge in [0.05, 0.1) is 0 Å². The second kappa shape index (κ2) is 3.90. The zero-order valence-electron chi connectivity index (χ0n) is 7.27. The van der Waals surface area contributed by atoms with Gasteiger partial charge in [-0.15, -0.1) is 11.6 Å². The number of alkyl halides is 1. The molecule has 1 unspecified atom stereocenters. The van der Waals surface area contributed by atoms with Crippen LogP contribution in [0.25, 0.3) is 0 Å². The summed E-state index contributed by atoms with van der Waals surface area (Å²) in [6.45, 7) is 3.69. The molecule has 0 N–H and O–H groups in total. The van der Waals surface area contributed by atoms with Crippen LogP contribution in [-0.2, 0) is 6.42 Å². The van der Waals surface area contributed by atoms with Gasteiger partial charge in [0.1, 0.15) is 5.82 Å². The van der Waals surface area contributed by atoms with E-state index in [1.165, 1.54) is 6.07 Å². The quantitative estimate of drug-likeness (QED) is 0.622. The molecule has 0 nitrogen and oxygen atoms in total. The Hall–Kier alpha value is -0.560. The zero-order chi connectivity index (χ0) is 9.14. The summed E-state index contributed by atoms with van der Waals surface area (Å²) in [6, 6.07) is 5.11. The average molecular weight is 187 g/mol. The first kappa shape index (κ1) is 9.53. The number of aryl methyl sites for hydroxylation is 1. The van der Waals surface area contributed by atoms with Gasteiger partial charge in [0.15, 0.2) is 0 Å². The first-order chi connectivity index (χ1) is 5.59. The Balaban J connectivity index is 2.82. The highest BCUT2D eigenvalue weighted by Crippen LogP contribution is 2.12. The van der Waals surface area contributed by atoms with Crippen molar-refractivity contribution in [2.24, 2.45) is 0 Å². The fraction of sp³-hybridized carbons (Fsp3) is 0.400. The molecule has 0 saturated heterocycles. The van der Waals surface area contributed by atoms with Gasteiger partial charge in [-0.05, 0) is 37.5 Å². The zero-order valence-corrected chi connectivity index (χ0v) is 8.03. The molecule has 1 rings (SSSR count). The molecule has 1 aromatic carbocycles. The van der Waals surface area contributed by atoms with Crippen LogP contribution in [0.5, 0.6) is 0 Å². The fourth-order valence-corrected chi connectivity index (χ4v) is 1.34.